The molecule has 0 radical (unpaired) electrons. The molecule has 2 saturated heterocycles. The Hall–Kier alpha value is -1.89. The van der Waals surface area contributed by atoms with Crippen molar-refractivity contribution in [2.75, 3.05) is 19.6 Å². The molecule has 0 spiro atoms. The number of rotatable bonds is 3. The van der Waals surface area contributed by atoms with Gasteiger partial charge in [0, 0.05) is 19.6 Å². The summed E-state index contributed by atoms with van der Waals surface area (Å²) in [5, 5.41) is 11.6. The highest BCUT2D eigenvalue weighted by Crippen LogP contribution is 2.49. The number of carboxylic acid groups (broad SMARTS) is 1. The third-order valence-electron chi connectivity index (χ3n) is 6.14. The Morgan fingerprint density at radius 3 is 2.76 bits per heavy atom. The van der Waals surface area contributed by atoms with Crippen LogP contribution in [0.15, 0.2) is 17.5 Å². The zero-order valence-corrected chi connectivity index (χ0v) is 14.8. The lowest BCUT2D eigenvalue weighted by molar-refractivity contribution is -0.149. The Kier molecular flexibility index (Phi) is 4.06. The zero-order chi connectivity index (χ0) is 17.6. The molecule has 7 heteroatoms. The van der Waals surface area contributed by atoms with E-state index in [1.54, 1.807) is 15.9 Å². The highest BCUT2D eigenvalue weighted by atomic mass is 32.1. The van der Waals surface area contributed by atoms with Gasteiger partial charge in [-0.1, -0.05) is 12.5 Å². The molecule has 1 N–H and O–H groups in total. The first-order chi connectivity index (χ1) is 12.0. The molecule has 3 aliphatic rings. The maximum absolute atomic E-state index is 13.1. The average molecular weight is 362 g/mol. The SMILES string of the molecule is O=C([C@@H]1CCCN1C(=O)c1cccs1)N1C[C@@H]2CCC[C@@]2(C(=O)O)C1. The molecule has 2 amide bonds. The molecule has 3 heterocycles. The minimum absolute atomic E-state index is 0.0526. The summed E-state index contributed by atoms with van der Waals surface area (Å²) < 4.78 is 0. The zero-order valence-electron chi connectivity index (χ0n) is 14.0. The van der Waals surface area contributed by atoms with Gasteiger partial charge in [0.2, 0.25) is 5.91 Å². The van der Waals surface area contributed by atoms with Crippen LogP contribution in [0.2, 0.25) is 0 Å². The van der Waals surface area contributed by atoms with E-state index in [1.165, 1.54) is 11.3 Å². The molecule has 0 unspecified atom stereocenters. The summed E-state index contributed by atoms with van der Waals surface area (Å²) in [6, 6.07) is 3.18. The van der Waals surface area contributed by atoms with Gasteiger partial charge in [0.25, 0.3) is 5.91 Å². The quantitative estimate of drug-likeness (QED) is 0.893. The molecule has 1 aliphatic carbocycles. The lowest BCUT2D eigenvalue weighted by Crippen LogP contribution is -2.48. The third kappa shape index (κ3) is 2.56. The van der Waals surface area contributed by atoms with Gasteiger partial charge >= 0.3 is 5.97 Å². The van der Waals surface area contributed by atoms with Gasteiger partial charge in [0.15, 0.2) is 0 Å². The lowest BCUT2D eigenvalue weighted by atomic mass is 9.81. The molecule has 3 fully saturated rings. The van der Waals surface area contributed by atoms with Gasteiger partial charge in [-0.3, -0.25) is 14.4 Å². The summed E-state index contributed by atoms with van der Waals surface area (Å²) >= 11 is 1.39. The van der Waals surface area contributed by atoms with Crippen molar-refractivity contribution in [2.45, 2.75) is 38.1 Å². The lowest BCUT2D eigenvalue weighted by Gasteiger charge is -2.29. The fraction of sp³-hybridized carbons (Fsp3) is 0.611. The van der Waals surface area contributed by atoms with Crippen molar-refractivity contribution in [1.82, 2.24) is 9.80 Å². The molecule has 1 saturated carbocycles. The number of carbonyl (C=O) groups is 3. The molecule has 1 aromatic heterocycles. The number of nitrogens with zero attached hydrogens (tertiary/aromatic N) is 2. The van der Waals surface area contributed by atoms with Gasteiger partial charge in [0.1, 0.15) is 6.04 Å². The van der Waals surface area contributed by atoms with Gasteiger partial charge < -0.3 is 14.9 Å². The van der Waals surface area contributed by atoms with Crippen LogP contribution >= 0.6 is 11.3 Å². The molecular formula is C18H22N2O4S. The number of amides is 2. The molecule has 25 heavy (non-hydrogen) atoms. The summed E-state index contributed by atoms with van der Waals surface area (Å²) in [6.45, 7) is 1.40. The van der Waals surface area contributed by atoms with Crippen LogP contribution in [0.3, 0.4) is 0 Å². The van der Waals surface area contributed by atoms with Gasteiger partial charge in [0.05, 0.1) is 10.3 Å². The number of likely N-dealkylation sites (tertiary alicyclic amines) is 2. The fourth-order valence-corrected chi connectivity index (χ4v) is 5.50. The summed E-state index contributed by atoms with van der Waals surface area (Å²) in [7, 11) is 0. The van der Waals surface area contributed by atoms with Gasteiger partial charge in [-0.25, -0.2) is 0 Å². The first-order valence-corrected chi connectivity index (χ1v) is 9.77. The molecule has 134 valence electrons. The monoisotopic (exact) mass is 362 g/mol. The van der Waals surface area contributed by atoms with E-state index >= 15 is 0 Å². The third-order valence-corrected chi connectivity index (χ3v) is 7.00. The Labute approximate surface area is 150 Å². The van der Waals surface area contributed by atoms with E-state index in [4.69, 9.17) is 0 Å². The number of hydrogen-bond acceptors (Lipinski definition) is 4. The van der Waals surface area contributed by atoms with Crippen LogP contribution in [0.25, 0.3) is 0 Å². The molecule has 3 atom stereocenters. The topological polar surface area (TPSA) is 77.9 Å². The number of carbonyl (C=O) groups excluding carboxylic acids is 2. The van der Waals surface area contributed by atoms with Crippen LogP contribution in [0.1, 0.15) is 41.8 Å². The molecule has 4 rings (SSSR count). The van der Waals surface area contributed by atoms with Crippen LogP contribution in [0.5, 0.6) is 0 Å². The Balaban J connectivity index is 1.51. The Morgan fingerprint density at radius 1 is 1.24 bits per heavy atom. The highest BCUT2D eigenvalue weighted by molar-refractivity contribution is 7.12. The number of fused-ring (bicyclic) bond motifs is 1. The minimum atomic E-state index is -0.775. The summed E-state index contributed by atoms with van der Waals surface area (Å²) in [5.41, 5.74) is -0.767. The molecule has 1 aromatic rings. The normalized spacial score (nSPS) is 31.4. The summed E-state index contributed by atoms with van der Waals surface area (Å²) in [4.78, 5) is 41.6. The summed E-state index contributed by atoms with van der Waals surface area (Å²) in [6.07, 6.45) is 3.93. The second-order valence-electron chi connectivity index (χ2n) is 7.40. The first-order valence-electron chi connectivity index (χ1n) is 8.89. The van der Waals surface area contributed by atoms with E-state index in [0.717, 1.165) is 19.3 Å². The van der Waals surface area contributed by atoms with Crippen molar-refractivity contribution in [3.05, 3.63) is 22.4 Å². The highest BCUT2D eigenvalue weighted by Gasteiger charge is 2.56. The molecule has 2 aliphatic heterocycles. The van der Waals surface area contributed by atoms with Crippen LogP contribution in [0.4, 0.5) is 0 Å². The van der Waals surface area contributed by atoms with Gasteiger partial charge in [-0.15, -0.1) is 11.3 Å². The second kappa shape index (κ2) is 6.12. The van der Waals surface area contributed by atoms with E-state index in [9.17, 15) is 19.5 Å². The Bertz CT molecular complexity index is 704. The number of aliphatic carboxylic acids is 1. The Morgan fingerprint density at radius 2 is 2.08 bits per heavy atom. The average Bonchev–Trinajstić information content (AvgIpc) is 3.36. The largest absolute Gasteiger partial charge is 0.481 e. The molecule has 0 aromatic carbocycles. The maximum atomic E-state index is 13.1. The molecular weight excluding hydrogens is 340 g/mol. The smallest absolute Gasteiger partial charge is 0.311 e. The number of thiophene rings is 1. The van der Waals surface area contributed by atoms with Crippen LogP contribution in [-0.4, -0.2) is 58.4 Å². The molecule has 0 bridgehead atoms. The standard InChI is InChI=1S/C18H22N2O4S/c21-15(19-10-12-4-1-7-18(12,11-19)17(23)24)13-5-2-8-20(13)16(22)14-6-3-9-25-14/h3,6,9,12-13H,1-2,4-5,7-8,10-11H2,(H,23,24)/t12-,13-,18+/m0/s1. The van der Waals surface area contributed by atoms with E-state index < -0.39 is 17.4 Å². The van der Waals surface area contributed by atoms with Crippen LogP contribution in [-0.2, 0) is 9.59 Å². The van der Waals surface area contributed by atoms with Crippen molar-refractivity contribution in [1.29, 1.82) is 0 Å². The van der Waals surface area contributed by atoms with Crippen LogP contribution < -0.4 is 0 Å². The van der Waals surface area contributed by atoms with E-state index in [-0.39, 0.29) is 17.7 Å². The van der Waals surface area contributed by atoms with Crippen LogP contribution in [0, 0.1) is 11.3 Å². The minimum Gasteiger partial charge on any atom is -0.481 e. The van der Waals surface area contributed by atoms with Crippen molar-refractivity contribution < 1.29 is 19.5 Å². The predicted molar refractivity (Wildman–Crippen MR) is 92.4 cm³/mol. The summed E-state index contributed by atoms with van der Waals surface area (Å²) in [5.74, 6) is -0.879. The van der Waals surface area contributed by atoms with Crippen molar-refractivity contribution in [3.8, 4) is 0 Å². The maximum Gasteiger partial charge on any atom is 0.311 e. The first kappa shape index (κ1) is 16.6. The number of carboxylic acids is 1. The fourth-order valence-electron chi connectivity index (χ4n) is 4.83. The van der Waals surface area contributed by atoms with Crippen molar-refractivity contribution in [2.24, 2.45) is 11.3 Å². The van der Waals surface area contributed by atoms with E-state index in [1.807, 2.05) is 11.4 Å². The van der Waals surface area contributed by atoms with E-state index in [2.05, 4.69) is 0 Å². The predicted octanol–water partition coefficient (Wildman–Crippen LogP) is 2.07. The van der Waals surface area contributed by atoms with Gasteiger partial charge in [-0.2, -0.15) is 0 Å². The van der Waals surface area contributed by atoms with Crippen molar-refractivity contribution in [3.63, 3.8) is 0 Å². The molecule has 6 nitrogen and oxygen atoms in total. The van der Waals surface area contributed by atoms with Gasteiger partial charge in [-0.05, 0) is 43.0 Å². The second-order valence-corrected chi connectivity index (χ2v) is 8.35. The van der Waals surface area contributed by atoms with Crippen molar-refractivity contribution >= 4 is 29.1 Å². The number of hydrogen-bond donors (Lipinski definition) is 1. The van der Waals surface area contributed by atoms with E-state index in [0.29, 0.717) is 37.4 Å².